The number of nitrogens with one attached hydrogen (secondary N) is 1. The molecule has 0 spiro atoms. The molecule has 1 heterocycles. The molecule has 1 N–H and O–H groups in total. The molecule has 0 saturated carbocycles. The minimum Gasteiger partial charge on any atom is -0.545 e. The Kier molecular flexibility index (Phi) is 5.22. The molecular weight excluding hydrogens is 324 g/mol. The van der Waals surface area contributed by atoms with E-state index in [-0.39, 0.29) is 12.2 Å². The fourth-order valence-corrected chi connectivity index (χ4v) is 2.78. The quantitative estimate of drug-likeness (QED) is 0.724. The monoisotopic (exact) mass is 337 g/mol. The van der Waals surface area contributed by atoms with Crippen molar-refractivity contribution in [2.24, 2.45) is 0 Å². The Morgan fingerprint density at radius 2 is 1.96 bits per heavy atom. The van der Waals surface area contributed by atoms with Gasteiger partial charge in [0, 0.05) is 5.69 Å². The fraction of sp³-hybridized carbons (Fsp3) is 0.286. The molecule has 1 aliphatic rings. The van der Waals surface area contributed by atoms with Gasteiger partial charge >= 0.3 is 5.97 Å². The first-order valence-corrected chi connectivity index (χ1v) is 7.56. The lowest BCUT2D eigenvalue weighted by atomic mass is 10.2. The maximum atomic E-state index is 12.1. The van der Waals surface area contributed by atoms with E-state index in [4.69, 9.17) is 4.74 Å². The number of anilines is 1. The van der Waals surface area contributed by atoms with Gasteiger partial charge in [0.15, 0.2) is 5.37 Å². The summed E-state index contributed by atoms with van der Waals surface area (Å²) in [5.41, 5.74) is 0.465. The number of benzene rings is 1. The van der Waals surface area contributed by atoms with E-state index in [2.05, 4.69) is 5.32 Å². The van der Waals surface area contributed by atoms with Crippen molar-refractivity contribution in [3.8, 4) is 0 Å². The van der Waals surface area contributed by atoms with Crippen molar-refractivity contribution >= 4 is 40.5 Å². The normalized spacial score (nSPS) is 17.3. The Bertz CT molecular complexity index is 645. The molecule has 122 valence electrons. The molecule has 1 aromatic carbocycles. The lowest BCUT2D eigenvalue weighted by Crippen LogP contribution is -2.38. The number of amides is 2. The summed E-state index contributed by atoms with van der Waals surface area (Å²) in [7, 11) is 0. The van der Waals surface area contributed by atoms with Crippen LogP contribution in [0.15, 0.2) is 24.3 Å². The van der Waals surface area contributed by atoms with E-state index in [9.17, 15) is 24.3 Å². The number of carboxylic acids is 1. The van der Waals surface area contributed by atoms with Gasteiger partial charge in [-0.25, -0.2) is 0 Å². The van der Waals surface area contributed by atoms with E-state index >= 15 is 0 Å². The maximum absolute atomic E-state index is 12.1. The van der Waals surface area contributed by atoms with Crippen LogP contribution in [0.4, 0.5) is 10.5 Å². The predicted octanol–water partition coefficient (Wildman–Crippen LogP) is 0.0466. The summed E-state index contributed by atoms with van der Waals surface area (Å²) in [6.45, 7) is 1.36. The lowest BCUT2D eigenvalue weighted by Gasteiger charge is -2.14. The summed E-state index contributed by atoms with van der Waals surface area (Å²) in [6, 6.07) is 5.55. The van der Waals surface area contributed by atoms with Crippen LogP contribution in [0.5, 0.6) is 0 Å². The first-order chi connectivity index (χ1) is 10.9. The summed E-state index contributed by atoms with van der Waals surface area (Å²) in [4.78, 5) is 46.8. The number of hydrogen-bond donors (Lipinski definition) is 1. The number of carbonyl (C=O) groups excluding carboxylic acids is 4. The van der Waals surface area contributed by atoms with E-state index < -0.39 is 35.0 Å². The average molecular weight is 337 g/mol. The van der Waals surface area contributed by atoms with Gasteiger partial charge in [0.25, 0.3) is 11.1 Å². The zero-order chi connectivity index (χ0) is 17.0. The van der Waals surface area contributed by atoms with Gasteiger partial charge in [-0.2, -0.15) is 0 Å². The van der Waals surface area contributed by atoms with Gasteiger partial charge in [-0.15, -0.1) is 0 Å². The molecule has 1 aromatic rings. The molecule has 0 aliphatic carbocycles. The van der Waals surface area contributed by atoms with Crippen LogP contribution in [-0.4, -0.2) is 46.5 Å². The molecule has 0 bridgehead atoms. The van der Waals surface area contributed by atoms with Gasteiger partial charge < -0.3 is 20.0 Å². The van der Waals surface area contributed by atoms with Crippen molar-refractivity contribution in [3.63, 3.8) is 0 Å². The SMILES string of the molecule is CCOC(=O)CN1C(=O)S[C@@H](Nc2ccc(C(=O)[O-])cc2)C1=O. The number of nitrogens with zero attached hydrogens (tertiary/aromatic N) is 1. The molecule has 1 aliphatic heterocycles. The van der Waals surface area contributed by atoms with Crippen LogP contribution in [-0.2, 0) is 14.3 Å². The van der Waals surface area contributed by atoms with Crippen LogP contribution in [0.3, 0.4) is 0 Å². The second-order valence-corrected chi connectivity index (χ2v) is 5.56. The molecule has 1 saturated heterocycles. The highest BCUT2D eigenvalue weighted by atomic mass is 32.2. The van der Waals surface area contributed by atoms with Gasteiger partial charge in [0.2, 0.25) is 0 Å². The number of rotatable bonds is 6. The highest BCUT2D eigenvalue weighted by Crippen LogP contribution is 2.28. The summed E-state index contributed by atoms with van der Waals surface area (Å²) < 4.78 is 4.71. The van der Waals surface area contributed by atoms with E-state index in [1.54, 1.807) is 6.92 Å². The third-order valence-electron chi connectivity index (χ3n) is 2.94. The van der Waals surface area contributed by atoms with Gasteiger partial charge in [0.05, 0.1) is 12.6 Å². The van der Waals surface area contributed by atoms with Crippen LogP contribution in [0.1, 0.15) is 17.3 Å². The highest BCUT2D eigenvalue weighted by molar-refractivity contribution is 8.15. The van der Waals surface area contributed by atoms with E-state index in [1.165, 1.54) is 24.3 Å². The van der Waals surface area contributed by atoms with E-state index in [1.807, 2.05) is 0 Å². The van der Waals surface area contributed by atoms with Crippen LogP contribution >= 0.6 is 11.8 Å². The van der Waals surface area contributed by atoms with Crippen molar-refractivity contribution in [2.45, 2.75) is 12.3 Å². The number of hydrogen-bond acceptors (Lipinski definition) is 8. The lowest BCUT2D eigenvalue weighted by molar-refractivity contribution is -0.255. The Morgan fingerprint density at radius 3 is 2.52 bits per heavy atom. The van der Waals surface area contributed by atoms with Crippen LogP contribution in [0.2, 0.25) is 0 Å². The number of aromatic carboxylic acids is 1. The molecule has 1 atom stereocenters. The summed E-state index contributed by atoms with van der Waals surface area (Å²) in [5, 5.41) is 12.0. The topological polar surface area (TPSA) is 116 Å². The molecule has 0 aromatic heterocycles. The average Bonchev–Trinajstić information content (AvgIpc) is 2.76. The van der Waals surface area contributed by atoms with Crippen molar-refractivity contribution < 1.29 is 29.0 Å². The number of carboxylic acid groups (broad SMARTS) is 1. The smallest absolute Gasteiger partial charge is 0.326 e. The fourth-order valence-electron chi connectivity index (χ4n) is 1.87. The molecule has 8 nitrogen and oxygen atoms in total. The number of esters is 1. The minimum atomic E-state index is -1.31. The largest absolute Gasteiger partial charge is 0.545 e. The van der Waals surface area contributed by atoms with Crippen molar-refractivity contribution in [2.75, 3.05) is 18.5 Å². The predicted molar refractivity (Wildman–Crippen MR) is 79.5 cm³/mol. The highest BCUT2D eigenvalue weighted by Gasteiger charge is 2.40. The molecule has 0 unspecified atom stereocenters. The molecule has 0 radical (unpaired) electrons. The van der Waals surface area contributed by atoms with Gasteiger partial charge in [-0.3, -0.25) is 19.3 Å². The Hall–Kier alpha value is -2.55. The standard InChI is InChI=1S/C14H14N2O6S/c1-2-22-10(17)7-16-12(18)11(23-14(16)21)15-9-5-3-8(4-6-9)13(19)20/h3-6,11,15H,2,7H2,1H3,(H,19,20)/p-1/t11-/m1/s1. The maximum Gasteiger partial charge on any atom is 0.326 e. The number of imide groups is 1. The molecule has 2 rings (SSSR count). The Labute approximate surface area is 135 Å². The number of ether oxygens (including phenoxy) is 1. The first-order valence-electron chi connectivity index (χ1n) is 6.68. The number of thioether (sulfide) groups is 1. The summed E-state index contributed by atoms with van der Waals surface area (Å²) in [6.07, 6.45) is 0. The van der Waals surface area contributed by atoms with Gasteiger partial charge in [0.1, 0.15) is 6.54 Å². The van der Waals surface area contributed by atoms with E-state index in [0.717, 1.165) is 16.7 Å². The third-order valence-corrected chi connectivity index (χ3v) is 3.92. The second kappa shape index (κ2) is 7.14. The summed E-state index contributed by atoms with van der Waals surface area (Å²) >= 11 is 0.737. The molecule has 23 heavy (non-hydrogen) atoms. The van der Waals surface area contributed by atoms with Crippen LogP contribution in [0, 0.1) is 0 Å². The van der Waals surface area contributed by atoms with Crippen molar-refractivity contribution in [1.82, 2.24) is 4.90 Å². The molecule has 1 fully saturated rings. The third kappa shape index (κ3) is 4.01. The summed E-state index contributed by atoms with van der Waals surface area (Å²) in [5.74, 6) is -2.52. The molecular formula is C14H13N2O6S-. The van der Waals surface area contributed by atoms with Crippen molar-refractivity contribution in [3.05, 3.63) is 29.8 Å². The number of carbonyl (C=O) groups is 4. The second-order valence-electron chi connectivity index (χ2n) is 4.50. The zero-order valence-electron chi connectivity index (χ0n) is 12.1. The minimum absolute atomic E-state index is 0.000894. The first kappa shape index (κ1) is 16.8. The molecule has 9 heteroatoms. The van der Waals surface area contributed by atoms with Gasteiger partial charge in [-0.05, 0) is 36.4 Å². The van der Waals surface area contributed by atoms with Crippen molar-refractivity contribution in [1.29, 1.82) is 0 Å². The Morgan fingerprint density at radius 1 is 1.30 bits per heavy atom. The zero-order valence-corrected chi connectivity index (χ0v) is 12.9. The van der Waals surface area contributed by atoms with Crippen LogP contribution in [0.25, 0.3) is 0 Å². The van der Waals surface area contributed by atoms with E-state index in [0.29, 0.717) is 5.69 Å². The Balaban J connectivity index is 2.01. The van der Waals surface area contributed by atoms with Crippen LogP contribution < -0.4 is 10.4 Å². The molecule has 2 amide bonds. The van der Waals surface area contributed by atoms with Gasteiger partial charge in [-0.1, -0.05) is 12.1 Å².